The SMILES string of the molecule is CCCCCCCCc1cc(O)c(O)c(OCCCCCCC)c1CCCCCCCC. The van der Waals surface area contributed by atoms with Crippen LogP contribution in [0.4, 0.5) is 0 Å². The van der Waals surface area contributed by atoms with Gasteiger partial charge in [-0.1, -0.05) is 111 Å². The molecule has 0 heterocycles. The zero-order valence-electron chi connectivity index (χ0n) is 21.5. The van der Waals surface area contributed by atoms with Gasteiger partial charge < -0.3 is 14.9 Å². The first-order valence-electron chi connectivity index (χ1n) is 13.8. The van der Waals surface area contributed by atoms with Crippen LogP contribution in [0.3, 0.4) is 0 Å². The monoisotopic (exact) mass is 448 g/mol. The van der Waals surface area contributed by atoms with Crippen LogP contribution in [-0.2, 0) is 12.8 Å². The van der Waals surface area contributed by atoms with E-state index >= 15 is 0 Å². The van der Waals surface area contributed by atoms with Gasteiger partial charge in [0.2, 0.25) is 5.75 Å². The first-order chi connectivity index (χ1) is 15.7. The Kier molecular flexibility index (Phi) is 17.1. The number of hydrogen-bond acceptors (Lipinski definition) is 3. The molecule has 0 aromatic heterocycles. The number of benzene rings is 1. The summed E-state index contributed by atoms with van der Waals surface area (Å²) in [5, 5.41) is 21.0. The maximum atomic E-state index is 10.6. The summed E-state index contributed by atoms with van der Waals surface area (Å²) in [4.78, 5) is 0. The molecule has 0 amide bonds. The molecule has 0 bridgehead atoms. The molecule has 0 aliphatic heterocycles. The molecule has 0 saturated carbocycles. The molecule has 3 nitrogen and oxygen atoms in total. The minimum atomic E-state index is -0.0637. The molecule has 0 aliphatic carbocycles. The largest absolute Gasteiger partial charge is 0.504 e. The summed E-state index contributed by atoms with van der Waals surface area (Å²) in [6, 6.07) is 1.79. The number of ether oxygens (including phenoxy) is 1. The molecule has 3 heteroatoms. The lowest BCUT2D eigenvalue weighted by Gasteiger charge is -2.18. The lowest BCUT2D eigenvalue weighted by molar-refractivity contribution is 0.279. The zero-order chi connectivity index (χ0) is 23.4. The maximum absolute atomic E-state index is 10.6. The topological polar surface area (TPSA) is 49.7 Å². The van der Waals surface area contributed by atoms with Gasteiger partial charge in [-0.15, -0.1) is 0 Å². The van der Waals surface area contributed by atoms with Crippen LogP contribution in [0.15, 0.2) is 6.07 Å². The van der Waals surface area contributed by atoms with Crippen molar-refractivity contribution in [2.75, 3.05) is 6.61 Å². The summed E-state index contributed by atoms with van der Waals surface area (Å²) < 4.78 is 6.11. The lowest BCUT2D eigenvalue weighted by atomic mass is 9.94. The maximum Gasteiger partial charge on any atom is 0.200 e. The molecule has 0 radical (unpaired) electrons. The van der Waals surface area contributed by atoms with Crippen LogP contribution in [0.1, 0.15) is 141 Å². The fourth-order valence-corrected chi connectivity index (χ4v) is 4.44. The van der Waals surface area contributed by atoms with Crippen LogP contribution in [0.25, 0.3) is 0 Å². The average molecular weight is 449 g/mol. The highest BCUT2D eigenvalue weighted by molar-refractivity contribution is 5.58. The Morgan fingerprint density at radius 3 is 1.62 bits per heavy atom. The van der Waals surface area contributed by atoms with E-state index in [2.05, 4.69) is 20.8 Å². The van der Waals surface area contributed by atoms with E-state index in [1.54, 1.807) is 6.07 Å². The second-order valence-corrected chi connectivity index (χ2v) is 9.51. The standard InChI is InChI=1S/C29H52O3/c1-4-7-10-13-15-18-21-25-24-27(30)28(31)29(32-23-20-17-12-9-6-3)26(25)22-19-16-14-11-8-5-2/h24,30-31H,4-23H2,1-3H3. The fraction of sp³-hybridized carbons (Fsp3) is 0.793. The third-order valence-corrected chi connectivity index (χ3v) is 6.50. The summed E-state index contributed by atoms with van der Waals surface area (Å²) in [5.74, 6) is 0.458. The fourth-order valence-electron chi connectivity index (χ4n) is 4.44. The quantitative estimate of drug-likeness (QED) is 0.145. The molecule has 0 atom stereocenters. The van der Waals surface area contributed by atoms with Crippen molar-refractivity contribution in [3.8, 4) is 17.2 Å². The summed E-state index contributed by atoms with van der Waals surface area (Å²) in [6.07, 6.45) is 22.8. The molecule has 186 valence electrons. The van der Waals surface area contributed by atoms with Gasteiger partial charge in [-0.3, -0.25) is 0 Å². The van der Waals surface area contributed by atoms with E-state index in [1.165, 1.54) is 89.0 Å². The normalized spacial score (nSPS) is 11.2. The van der Waals surface area contributed by atoms with Crippen molar-refractivity contribution in [2.45, 2.75) is 143 Å². The van der Waals surface area contributed by atoms with Crippen molar-refractivity contribution >= 4 is 0 Å². The first-order valence-corrected chi connectivity index (χ1v) is 13.8. The number of hydrogen-bond donors (Lipinski definition) is 2. The Morgan fingerprint density at radius 2 is 1.06 bits per heavy atom. The van der Waals surface area contributed by atoms with Crippen molar-refractivity contribution in [1.82, 2.24) is 0 Å². The van der Waals surface area contributed by atoms with Gasteiger partial charge in [-0.2, -0.15) is 0 Å². The van der Waals surface area contributed by atoms with Crippen molar-refractivity contribution < 1.29 is 14.9 Å². The van der Waals surface area contributed by atoms with Gasteiger partial charge >= 0.3 is 0 Å². The third kappa shape index (κ3) is 12.0. The van der Waals surface area contributed by atoms with E-state index in [4.69, 9.17) is 4.74 Å². The molecule has 32 heavy (non-hydrogen) atoms. The average Bonchev–Trinajstić information content (AvgIpc) is 2.79. The smallest absolute Gasteiger partial charge is 0.200 e. The van der Waals surface area contributed by atoms with Crippen LogP contribution in [0.2, 0.25) is 0 Å². The van der Waals surface area contributed by atoms with E-state index in [9.17, 15) is 10.2 Å². The van der Waals surface area contributed by atoms with E-state index in [0.29, 0.717) is 12.4 Å². The van der Waals surface area contributed by atoms with Crippen molar-refractivity contribution in [1.29, 1.82) is 0 Å². The lowest BCUT2D eigenvalue weighted by Crippen LogP contribution is -2.05. The molecule has 2 N–H and O–H groups in total. The molecule has 0 saturated heterocycles. The Bertz CT molecular complexity index is 582. The summed E-state index contributed by atoms with van der Waals surface area (Å²) >= 11 is 0. The highest BCUT2D eigenvalue weighted by atomic mass is 16.5. The van der Waals surface area contributed by atoms with Gasteiger partial charge in [0.1, 0.15) is 0 Å². The second-order valence-electron chi connectivity index (χ2n) is 9.51. The van der Waals surface area contributed by atoms with E-state index in [0.717, 1.165) is 44.1 Å². The van der Waals surface area contributed by atoms with Crippen LogP contribution in [-0.4, -0.2) is 16.8 Å². The number of rotatable bonds is 21. The van der Waals surface area contributed by atoms with Gasteiger partial charge in [-0.25, -0.2) is 0 Å². The molecule has 1 rings (SSSR count). The Hall–Kier alpha value is -1.38. The minimum absolute atomic E-state index is 0.0290. The molecule has 0 aliphatic rings. The summed E-state index contributed by atoms with van der Waals surface area (Å²) in [5.41, 5.74) is 2.31. The molecule has 1 aromatic carbocycles. The number of unbranched alkanes of at least 4 members (excludes halogenated alkanes) is 14. The molecule has 0 spiro atoms. The molecule has 0 fully saturated rings. The predicted octanol–water partition coefficient (Wildman–Crippen LogP) is 9.25. The van der Waals surface area contributed by atoms with Gasteiger partial charge in [0.05, 0.1) is 6.61 Å². The predicted molar refractivity (Wildman–Crippen MR) is 138 cm³/mol. The van der Waals surface area contributed by atoms with Gasteiger partial charge in [0.25, 0.3) is 0 Å². The van der Waals surface area contributed by atoms with E-state index in [1.807, 2.05) is 0 Å². The number of phenols is 2. The Morgan fingerprint density at radius 1 is 0.594 bits per heavy atom. The van der Waals surface area contributed by atoms with Crippen LogP contribution >= 0.6 is 0 Å². The van der Waals surface area contributed by atoms with Gasteiger partial charge in [-0.05, 0) is 43.7 Å². The highest BCUT2D eigenvalue weighted by Crippen LogP contribution is 2.42. The first kappa shape index (κ1) is 28.7. The van der Waals surface area contributed by atoms with Crippen molar-refractivity contribution in [3.63, 3.8) is 0 Å². The number of aryl methyl sites for hydroxylation is 1. The van der Waals surface area contributed by atoms with Crippen LogP contribution < -0.4 is 4.74 Å². The minimum Gasteiger partial charge on any atom is -0.504 e. The van der Waals surface area contributed by atoms with Crippen LogP contribution in [0, 0.1) is 0 Å². The Labute approximate surface area is 199 Å². The van der Waals surface area contributed by atoms with Gasteiger partial charge in [0.15, 0.2) is 11.5 Å². The number of aromatic hydroxyl groups is 2. The van der Waals surface area contributed by atoms with Crippen LogP contribution in [0.5, 0.6) is 17.2 Å². The summed E-state index contributed by atoms with van der Waals surface area (Å²) in [7, 11) is 0. The third-order valence-electron chi connectivity index (χ3n) is 6.50. The Balaban J connectivity index is 2.78. The van der Waals surface area contributed by atoms with E-state index < -0.39 is 0 Å². The highest BCUT2D eigenvalue weighted by Gasteiger charge is 2.18. The zero-order valence-corrected chi connectivity index (χ0v) is 21.5. The van der Waals surface area contributed by atoms with Gasteiger partial charge in [0, 0.05) is 5.56 Å². The molecular formula is C29H52O3. The number of phenolic OH excluding ortho intramolecular Hbond substituents is 2. The second kappa shape index (κ2) is 19.1. The molecule has 0 unspecified atom stereocenters. The molecule has 1 aromatic rings. The van der Waals surface area contributed by atoms with Crippen molar-refractivity contribution in [2.24, 2.45) is 0 Å². The summed E-state index contributed by atoms with van der Waals surface area (Å²) in [6.45, 7) is 7.33. The van der Waals surface area contributed by atoms with E-state index in [-0.39, 0.29) is 11.5 Å². The molecular weight excluding hydrogens is 396 g/mol. The van der Waals surface area contributed by atoms with Crippen molar-refractivity contribution in [3.05, 3.63) is 17.2 Å².